The number of hydrogen-bond donors (Lipinski definition) is 1. The van der Waals surface area contributed by atoms with Gasteiger partial charge in [-0.15, -0.1) is 0 Å². The molecule has 262 valence electrons. The molecular formula is C39H52O9. The van der Waals surface area contributed by atoms with Gasteiger partial charge in [0.05, 0.1) is 31.2 Å². The first-order chi connectivity index (χ1) is 22.5. The maximum atomic E-state index is 13.0. The number of ketones is 1. The lowest BCUT2D eigenvalue weighted by Crippen LogP contribution is -2.63. The lowest BCUT2D eigenvalue weighted by atomic mass is 9.43. The first-order valence-electron chi connectivity index (χ1n) is 17.7. The van der Waals surface area contributed by atoms with Gasteiger partial charge in [-0.3, -0.25) is 19.2 Å². The molecule has 2 saturated heterocycles. The lowest BCUT2D eigenvalue weighted by Gasteiger charge is -2.58. The summed E-state index contributed by atoms with van der Waals surface area (Å²) in [6.07, 6.45) is 8.97. The zero-order chi connectivity index (χ0) is 34.9. The molecule has 2 aliphatic heterocycles. The SMILES string of the molecule is COC(=O)[C@@H]1CC2=CC(=O)CC[C@]2(C)[C@@]23O[C@@H]2C[C@@]2(C)[C@@H](CC[C@@]24CCC(=O)O4)[C@H]13.Cc1ccc(C)c(OCCCC(C)(C)C(=O)O)c1. The van der Waals surface area contributed by atoms with Crippen molar-refractivity contribution < 1.29 is 43.2 Å². The first kappa shape index (κ1) is 34.7. The van der Waals surface area contributed by atoms with Gasteiger partial charge in [0.25, 0.3) is 0 Å². The second-order valence-corrected chi connectivity index (χ2v) is 16.4. The molecule has 2 heterocycles. The maximum Gasteiger partial charge on any atom is 0.309 e. The smallest absolute Gasteiger partial charge is 0.309 e. The number of esters is 2. The molecule has 48 heavy (non-hydrogen) atoms. The topological polar surface area (TPSA) is 129 Å². The van der Waals surface area contributed by atoms with E-state index < -0.39 is 22.6 Å². The highest BCUT2D eigenvalue weighted by Gasteiger charge is 2.83. The highest BCUT2D eigenvalue weighted by atomic mass is 16.6. The van der Waals surface area contributed by atoms with Gasteiger partial charge in [0.2, 0.25) is 0 Å². The molecule has 0 radical (unpaired) electrons. The summed E-state index contributed by atoms with van der Waals surface area (Å²) in [5.74, 6) is -0.0642. The van der Waals surface area contributed by atoms with Crippen LogP contribution >= 0.6 is 0 Å². The summed E-state index contributed by atoms with van der Waals surface area (Å²) < 4.78 is 23.6. The summed E-state index contributed by atoms with van der Waals surface area (Å²) in [5.41, 5.74) is 1.43. The number of ether oxygens (including phenoxy) is 4. The molecule has 2 spiro atoms. The van der Waals surface area contributed by atoms with Crippen molar-refractivity contribution in [2.45, 2.75) is 123 Å². The van der Waals surface area contributed by atoms with Crippen LogP contribution < -0.4 is 4.74 Å². The fraction of sp³-hybridized carbons (Fsp3) is 0.692. The monoisotopic (exact) mass is 664 g/mol. The number of methoxy groups -OCH3 is 1. The molecule has 1 aromatic rings. The Balaban J connectivity index is 0.000000193. The molecule has 0 unspecified atom stereocenters. The molecular weight excluding hydrogens is 612 g/mol. The van der Waals surface area contributed by atoms with E-state index in [0.717, 1.165) is 55.4 Å². The van der Waals surface area contributed by atoms with Crippen LogP contribution in [0.15, 0.2) is 29.8 Å². The van der Waals surface area contributed by atoms with Gasteiger partial charge in [0.1, 0.15) is 17.0 Å². The maximum absolute atomic E-state index is 13.0. The molecule has 0 amide bonds. The number of benzene rings is 1. The Morgan fingerprint density at radius 1 is 1.08 bits per heavy atom. The fourth-order valence-corrected chi connectivity index (χ4v) is 10.4. The van der Waals surface area contributed by atoms with Gasteiger partial charge in [-0.2, -0.15) is 0 Å². The van der Waals surface area contributed by atoms with E-state index in [1.54, 1.807) is 19.9 Å². The van der Waals surface area contributed by atoms with Crippen LogP contribution in [-0.2, 0) is 33.4 Å². The van der Waals surface area contributed by atoms with Crippen LogP contribution in [0.25, 0.3) is 0 Å². The summed E-state index contributed by atoms with van der Waals surface area (Å²) in [4.78, 5) is 48.3. The van der Waals surface area contributed by atoms with Crippen molar-refractivity contribution in [1.29, 1.82) is 0 Å². The fourth-order valence-electron chi connectivity index (χ4n) is 10.4. The second-order valence-electron chi connectivity index (χ2n) is 16.4. The minimum atomic E-state index is -0.755. The first-order valence-corrected chi connectivity index (χ1v) is 17.7. The highest BCUT2D eigenvalue weighted by molar-refractivity contribution is 5.92. The van der Waals surface area contributed by atoms with Crippen molar-refractivity contribution >= 4 is 23.7 Å². The van der Waals surface area contributed by atoms with Gasteiger partial charge in [-0.1, -0.05) is 31.6 Å². The van der Waals surface area contributed by atoms with Gasteiger partial charge in [0, 0.05) is 29.6 Å². The quantitative estimate of drug-likeness (QED) is 0.192. The van der Waals surface area contributed by atoms with Crippen LogP contribution in [0.4, 0.5) is 0 Å². The zero-order valence-electron chi connectivity index (χ0n) is 29.6. The Morgan fingerprint density at radius 3 is 2.50 bits per heavy atom. The Bertz CT molecular complexity index is 1540. The molecule has 4 aliphatic carbocycles. The molecule has 9 heteroatoms. The summed E-state index contributed by atoms with van der Waals surface area (Å²) in [6.45, 7) is 12.6. The van der Waals surface area contributed by atoms with E-state index in [-0.39, 0.29) is 52.4 Å². The minimum absolute atomic E-state index is 0.0303. The van der Waals surface area contributed by atoms with Crippen LogP contribution in [0.5, 0.6) is 5.75 Å². The van der Waals surface area contributed by atoms with E-state index in [1.807, 2.05) is 26.0 Å². The van der Waals surface area contributed by atoms with Gasteiger partial charge in [-0.05, 0) is 108 Å². The number of fused-ring (bicyclic) bond motifs is 4. The second kappa shape index (κ2) is 12.0. The molecule has 7 rings (SSSR count). The average Bonchev–Trinajstić information content (AvgIpc) is 3.52. The van der Waals surface area contributed by atoms with Crippen molar-refractivity contribution in [3.05, 3.63) is 41.0 Å². The number of carboxylic acids is 1. The molecule has 0 aromatic heterocycles. The number of carbonyl (C=O) groups excluding carboxylic acids is 3. The van der Waals surface area contributed by atoms with Crippen molar-refractivity contribution in [2.75, 3.05) is 13.7 Å². The van der Waals surface area contributed by atoms with Gasteiger partial charge < -0.3 is 24.1 Å². The van der Waals surface area contributed by atoms with Crippen LogP contribution in [0, 0.1) is 47.8 Å². The number of aryl methyl sites for hydroxylation is 2. The molecule has 5 fully saturated rings. The van der Waals surface area contributed by atoms with Gasteiger partial charge in [-0.25, -0.2) is 0 Å². The van der Waals surface area contributed by atoms with E-state index in [2.05, 4.69) is 19.9 Å². The van der Waals surface area contributed by atoms with E-state index in [9.17, 15) is 19.2 Å². The third-order valence-corrected chi connectivity index (χ3v) is 13.3. The van der Waals surface area contributed by atoms with Crippen molar-refractivity contribution in [3.8, 4) is 5.75 Å². The predicted molar refractivity (Wildman–Crippen MR) is 177 cm³/mol. The highest BCUT2D eigenvalue weighted by Crippen LogP contribution is 2.78. The minimum Gasteiger partial charge on any atom is -0.493 e. The van der Waals surface area contributed by atoms with Crippen molar-refractivity contribution in [1.82, 2.24) is 0 Å². The van der Waals surface area contributed by atoms with Crippen LogP contribution in [0.3, 0.4) is 0 Å². The number of rotatable bonds is 7. The number of carboxylic acid groups (broad SMARTS) is 1. The van der Waals surface area contributed by atoms with Crippen molar-refractivity contribution in [2.24, 2.45) is 34.0 Å². The van der Waals surface area contributed by atoms with Crippen LogP contribution in [0.2, 0.25) is 0 Å². The van der Waals surface area contributed by atoms with Crippen molar-refractivity contribution in [3.63, 3.8) is 0 Å². The largest absolute Gasteiger partial charge is 0.493 e. The summed E-state index contributed by atoms with van der Waals surface area (Å²) in [6, 6.07) is 6.10. The van der Waals surface area contributed by atoms with E-state index in [0.29, 0.717) is 32.3 Å². The van der Waals surface area contributed by atoms with Crippen LogP contribution in [0.1, 0.15) is 103 Å². The zero-order valence-corrected chi connectivity index (χ0v) is 29.6. The van der Waals surface area contributed by atoms with Gasteiger partial charge >= 0.3 is 17.9 Å². The third-order valence-electron chi connectivity index (χ3n) is 13.3. The molecule has 6 aliphatic rings. The molecule has 0 bridgehead atoms. The summed E-state index contributed by atoms with van der Waals surface area (Å²) in [7, 11) is 1.45. The Morgan fingerprint density at radius 2 is 1.83 bits per heavy atom. The van der Waals surface area contributed by atoms with Crippen LogP contribution in [-0.4, -0.2) is 59.8 Å². The van der Waals surface area contributed by atoms with E-state index >= 15 is 0 Å². The normalized spacial score (nSPS) is 37.5. The summed E-state index contributed by atoms with van der Waals surface area (Å²) >= 11 is 0. The molecule has 1 aromatic carbocycles. The van der Waals surface area contributed by atoms with E-state index in [4.69, 9.17) is 24.1 Å². The number of carbonyl (C=O) groups is 4. The van der Waals surface area contributed by atoms with Gasteiger partial charge in [0.15, 0.2) is 5.78 Å². The summed E-state index contributed by atoms with van der Waals surface area (Å²) in [5, 5.41) is 9.00. The Labute approximate surface area is 284 Å². The third kappa shape index (κ3) is 5.30. The molecule has 1 N–H and O–H groups in total. The van der Waals surface area contributed by atoms with E-state index in [1.165, 1.54) is 12.7 Å². The predicted octanol–water partition coefficient (Wildman–Crippen LogP) is 6.70. The Hall–Kier alpha value is -3.20. The average molecular weight is 665 g/mol. The molecule has 3 saturated carbocycles. The lowest BCUT2D eigenvalue weighted by molar-refractivity contribution is -0.172. The Kier molecular flexibility index (Phi) is 8.66. The molecule has 8 atom stereocenters. The number of aliphatic carboxylic acids is 1. The standard InChI is InChI=1S/C24H30O6.C15H22O3/c1-21-7-4-14(25)10-13(21)11-15(20(27)28-3)19-16-5-8-23(9-6-18(26)30-23)22(16,2)12-17-24(19,21)29-17;1-11-6-7-12(2)13(10-11)18-9-5-8-15(3,4)14(16)17/h10,15-17,19H,4-9,11-12H2,1-3H3;6-7,10H,5,8-9H2,1-4H3,(H,16,17)/t15-,16+,17-,19+,21+,22+,23-,24-;/m1./s1. The number of epoxide rings is 1. The number of hydrogen-bond acceptors (Lipinski definition) is 8. The molecule has 9 nitrogen and oxygen atoms in total.